The van der Waals surface area contributed by atoms with Gasteiger partial charge >= 0.3 is 17.2 Å². The number of carbonyl (C=O) groups is 2. The first-order valence-electron chi connectivity index (χ1n) is 8.26. The average Bonchev–Trinajstić information content (AvgIpc) is 2.65. The Bertz CT molecular complexity index is 1220. The van der Waals surface area contributed by atoms with Gasteiger partial charge in [0.1, 0.15) is 6.54 Å². The monoisotopic (exact) mass is 438 g/mol. The number of rotatable bonds is 6. The summed E-state index contributed by atoms with van der Waals surface area (Å²) < 4.78 is 28.4. The van der Waals surface area contributed by atoms with Crippen molar-refractivity contribution in [1.82, 2.24) is 4.57 Å². The van der Waals surface area contributed by atoms with Gasteiger partial charge in [-0.25, -0.2) is 18.4 Å². The number of nitro groups is 1. The number of hydrogen-bond acceptors (Lipinski definition) is 8. The lowest BCUT2D eigenvalue weighted by molar-refractivity contribution is -0.386. The molecule has 0 radical (unpaired) electrons. The summed E-state index contributed by atoms with van der Waals surface area (Å²) in [6.07, 6.45) is 0.958. The van der Waals surface area contributed by atoms with Gasteiger partial charge in [-0.05, 0) is 37.1 Å². The van der Waals surface area contributed by atoms with Crippen molar-refractivity contribution in [3.63, 3.8) is 0 Å². The molecule has 12 nitrogen and oxygen atoms in total. The molecule has 30 heavy (non-hydrogen) atoms. The fraction of sp³-hybridized carbons (Fsp3) is 0.235. The van der Waals surface area contributed by atoms with Crippen molar-refractivity contribution in [3.05, 3.63) is 61.6 Å². The summed E-state index contributed by atoms with van der Waals surface area (Å²) >= 11 is 0. The summed E-state index contributed by atoms with van der Waals surface area (Å²) in [5.74, 6) is -1.72. The van der Waals surface area contributed by atoms with Gasteiger partial charge in [0.05, 0.1) is 22.5 Å². The third-order valence-corrected chi connectivity index (χ3v) is 5.14. The van der Waals surface area contributed by atoms with E-state index in [0.29, 0.717) is 15.7 Å². The predicted molar refractivity (Wildman–Crippen MR) is 105 cm³/mol. The third kappa shape index (κ3) is 4.87. The van der Waals surface area contributed by atoms with Crippen LogP contribution in [0.25, 0.3) is 0 Å². The van der Waals surface area contributed by atoms with Crippen LogP contribution in [0.4, 0.5) is 11.4 Å². The number of nitrogens with one attached hydrogen (secondary N) is 1. The fourth-order valence-electron chi connectivity index (χ4n) is 2.56. The van der Waals surface area contributed by atoms with E-state index in [1.165, 1.54) is 6.07 Å². The third-order valence-electron chi connectivity index (χ3n) is 4.24. The van der Waals surface area contributed by atoms with Crippen molar-refractivity contribution in [2.45, 2.75) is 25.3 Å². The number of sulfonamides is 1. The van der Waals surface area contributed by atoms with Crippen LogP contribution in [0.15, 0.2) is 34.1 Å². The molecule has 0 aliphatic heterocycles. The first-order valence-corrected chi connectivity index (χ1v) is 9.81. The van der Waals surface area contributed by atoms with Crippen LogP contribution in [0.1, 0.15) is 21.5 Å². The molecule has 0 saturated carbocycles. The largest absolute Gasteiger partial charge is 0.465 e. The minimum atomic E-state index is -4.03. The zero-order valence-corrected chi connectivity index (χ0v) is 17.0. The van der Waals surface area contributed by atoms with Crippen LogP contribution in [-0.4, -0.2) is 36.9 Å². The molecule has 2 aromatic rings. The molecule has 1 heterocycles. The van der Waals surface area contributed by atoms with E-state index in [9.17, 15) is 32.9 Å². The molecule has 0 bridgehead atoms. The highest BCUT2D eigenvalue weighted by molar-refractivity contribution is 7.89. The number of aryl methyl sites for hydroxylation is 1. The molecule has 0 fully saturated rings. The summed E-state index contributed by atoms with van der Waals surface area (Å²) in [7, 11) is -2.98. The molecule has 0 aliphatic rings. The molecule has 160 valence electrons. The van der Waals surface area contributed by atoms with Gasteiger partial charge in [-0.2, -0.15) is 0 Å². The number of pyridine rings is 1. The minimum Gasteiger partial charge on any atom is -0.465 e. The number of ether oxygens (including phenoxy) is 1. The number of aromatic nitrogens is 1. The maximum Gasteiger partial charge on any atom is 0.339 e. The maximum absolute atomic E-state index is 12.5. The van der Waals surface area contributed by atoms with E-state index in [-0.39, 0.29) is 16.1 Å². The van der Waals surface area contributed by atoms with Crippen LogP contribution in [0, 0.1) is 24.0 Å². The number of methoxy groups -OCH3 is 1. The van der Waals surface area contributed by atoms with Crippen molar-refractivity contribution in [3.8, 4) is 0 Å². The van der Waals surface area contributed by atoms with Crippen molar-refractivity contribution in [1.29, 1.82) is 0 Å². The second-order valence-corrected chi connectivity index (χ2v) is 7.86. The van der Waals surface area contributed by atoms with E-state index in [0.717, 1.165) is 25.4 Å². The number of nitrogens with zero attached hydrogens (tertiary/aromatic N) is 2. The maximum atomic E-state index is 12.5. The van der Waals surface area contributed by atoms with E-state index in [4.69, 9.17) is 5.14 Å². The summed E-state index contributed by atoms with van der Waals surface area (Å²) in [4.78, 5) is 46.3. The van der Waals surface area contributed by atoms with Gasteiger partial charge in [-0.3, -0.25) is 24.3 Å². The van der Waals surface area contributed by atoms with Crippen LogP contribution in [-0.2, 0) is 26.1 Å². The highest BCUT2D eigenvalue weighted by Gasteiger charge is 2.22. The molecule has 0 spiro atoms. The smallest absolute Gasteiger partial charge is 0.339 e. The van der Waals surface area contributed by atoms with Crippen molar-refractivity contribution < 1.29 is 27.7 Å². The Morgan fingerprint density at radius 1 is 1.27 bits per heavy atom. The minimum absolute atomic E-state index is 0.135. The van der Waals surface area contributed by atoms with Gasteiger partial charge in [0.15, 0.2) is 0 Å². The fourth-order valence-corrected chi connectivity index (χ4v) is 3.19. The molecule has 13 heteroatoms. The number of primary sulfonamides is 1. The lowest BCUT2D eigenvalue weighted by Gasteiger charge is -2.13. The highest BCUT2D eigenvalue weighted by atomic mass is 32.2. The summed E-state index contributed by atoms with van der Waals surface area (Å²) in [5.41, 5.74) is -1.08. The molecule has 0 saturated heterocycles. The first kappa shape index (κ1) is 22.7. The van der Waals surface area contributed by atoms with Crippen molar-refractivity contribution in [2.24, 2.45) is 5.14 Å². The van der Waals surface area contributed by atoms with E-state index in [1.807, 2.05) is 0 Å². The van der Waals surface area contributed by atoms with Crippen molar-refractivity contribution in [2.75, 3.05) is 12.4 Å². The van der Waals surface area contributed by atoms with Gasteiger partial charge < -0.3 is 10.1 Å². The van der Waals surface area contributed by atoms with Crippen LogP contribution in [0.3, 0.4) is 0 Å². The predicted octanol–water partition coefficient (Wildman–Crippen LogP) is 0.446. The van der Waals surface area contributed by atoms with E-state index >= 15 is 0 Å². The first-order chi connectivity index (χ1) is 13.8. The standard InChI is InChI=1S/C17H18N4O8S/c1-9-4-12(30(18,27)28)6-13(10(9)2)19-15(22)8-20-7-11(17(24)29-3)5-14(16(20)23)21(25)26/h4-7H,8H2,1-3H3,(H,19,22)(H2,18,27,28). The quantitative estimate of drug-likeness (QED) is 0.370. The number of nitrogens with two attached hydrogens (primary N) is 1. The lowest BCUT2D eigenvalue weighted by Crippen LogP contribution is -2.30. The van der Waals surface area contributed by atoms with E-state index < -0.39 is 44.6 Å². The molecular weight excluding hydrogens is 420 g/mol. The van der Waals surface area contributed by atoms with Crippen molar-refractivity contribution >= 4 is 33.3 Å². The molecule has 1 amide bonds. The lowest BCUT2D eigenvalue weighted by atomic mass is 10.1. The highest BCUT2D eigenvalue weighted by Crippen LogP contribution is 2.23. The molecule has 3 N–H and O–H groups in total. The molecule has 0 aliphatic carbocycles. The molecule has 1 aromatic carbocycles. The zero-order valence-electron chi connectivity index (χ0n) is 16.2. The molecular formula is C17H18N4O8S. The topological polar surface area (TPSA) is 181 Å². The Balaban J connectivity index is 2.43. The SMILES string of the molecule is COC(=O)c1cc([N+](=O)[O-])c(=O)n(CC(=O)Nc2cc(S(N)(=O)=O)cc(C)c2C)c1. The van der Waals surface area contributed by atoms with Crippen LogP contribution in [0.5, 0.6) is 0 Å². The average molecular weight is 438 g/mol. The Morgan fingerprint density at radius 2 is 1.90 bits per heavy atom. The van der Waals surface area contributed by atoms with Gasteiger partial charge in [0, 0.05) is 18.0 Å². The van der Waals surface area contributed by atoms with Gasteiger partial charge in [0.25, 0.3) is 0 Å². The molecule has 2 rings (SSSR count). The number of hydrogen-bond donors (Lipinski definition) is 2. The Kier molecular flexibility index (Phi) is 6.38. The second kappa shape index (κ2) is 8.42. The number of carbonyl (C=O) groups excluding carboxylic acids is 2. The van der Waals surface area contributed by atoms with Crippen LogP contribution >= 0.6 is 0 Å². The van der Waals surface area contributed by atoms with E-state index in [2.05, 4.69) is 10.1 Å². The Morgan fingerprint density at radius 3 is 2.43 bits per heavy atom. The number of amides is 1. The van der Waals surface area contributed by atoms with Crippen LogP contribution in [0.2, 0.25) is 0 Å². The number of esters is 1. The Hall–Kier alpha value is -3.58. The zero-order chi connectivity index (χ0) is 22.8. The summed E-state index contributed by atoms with van der Waals surface area (Å²) in [5, 5.41) is 18.7. The number of benzene rings is 1. The molecule has 0 atom stereocenters. The van der Waals surface area contributed by atoms with E-state index in [1.54, 1.807) is 13.8 Å². The van der Waals surface area contributed by atoms with Gasteiger partial charge in [-0.15, -0.1) is 0 Å². The Labute approximate surface area is 170 Å². The van der Waals surface area contributed by atoms with Gasteiger partial charge in [-0.1, -0.05) is 0 Å². The molecule has 0 unspecified atom stereocenters. The van der Waals surface area contributed by atoms with Gasteiger partial charge in [0.2, 0.25) is 15.9 Å². The molecule has 1 aromatic heterocycles. The second-order valence-electron chi connectivity index (χ2n) is 6.30. The number of anilines is 1. The summed E-state index contributed by atoms with van der Waals surface area (Å²) in [6, 6.07) is 3.26. The van der Waals surface area contributed by atoms with Crippen LogP contribution < -0.4 is 16.0 Å². The summed E-state index contributed by atoms with van der Waals surface area (Å²) in [6.45, 7) is 2.57. The normalized spacial score (nSPS) is 11.1.